The molecule has 35 heavy (non-hydrogen) atoms. The molecular formula is C26H30N2O6S. The van der Waals surface area contributed by atoms with E-state index >= 15 is 0 Å². The van der Waals surface area contributed by atoms with Crippen molar-refractivity contribution in [3.05, 3.63) is 77.4 Å². The van der Waals surface area contributed by atoms with Gasteiger partial charge in [-0.3, -0.25) is 9.10 Å². The zero-order valence-corrected chi connectivity index (χ0v) is 21.3. The second kappa shape index (κ2) is 11.1. The quantitative estimate of drug-likeness (QED) is 0.457. The van der Waals surface area contributed by atoms with Crippen LogP contribution in [0.15, 0.2) is 65.6 Å². The van der Waals surface area contributed by atoms with Crippen molar-refractivity contribution in [3.8, 4) is 17.2 Å². The Bertz CT molecular complexity index is 1270. The third-order valence-corrected chi connectivity index (χ3v) is 7.16. The Balaban J connectivity index is 1.89. The van der Waals surface area contributed by atoms with E-state index in [-0.39, 0.29) is 11.4 Å². The van der Waals surface area contributed by atoms with Crippen LogP contribution in [-0.4, -0.2) is 42.2 Å². The molecule has 0 saturated carbocycles. The lowest BCUT2D eigenvalue weighted by Gasteiger charge is -2.25. The summed E-state index contributed by atoms with van der Waals surface area (Å²) in [6.07, 6.45) is 0. The van der Waals surface area contributed by atoms with Gasteiger partial charge in [-0.05, 0) is 61.4 Å². The molecule has 1 N–H and O–H groups in total. The first-order valence-electron chi connectivity index (χ1n) is 10.9. The van der Waals surface area contributed by atoms with Gasteiger partial charge in [-0.1, -0.05) is 24.3 Å². The fourth-order valence-electron chi connectivity index (χ4n) is 3.81. The van der Waals surface area contributed by atoms with Gasteiger partial charge in [0.15, 0.2) is 11.5 Å². The van der Waals surface area contributed by atoms with Crippen LogP contribution in [0, 0.1) is 13.8 Å². The highest BCUT2D eigenvalue weighted by molar-refractivity contribution is 7.92. The Morgan fingerprint density at radius 2 is 1.49 bits per heavy atom. The van der Waals surface area contributed by atoms with E-state index in [1.54, 1.807) is 42.5 Å². The maximum Gasteiger partial charge on any atom is 0.264 e. The highest BCUT2D eigenvalue weighted by Crippen LogP contribution is 2.39. The van der Waals surface area contributed by atoms with Gasteiger partial charge >= 0.3 is 0 Å². The highest BCUT2D eigenvalue weighted by Gasteiger charge is 2.27. The number of sulfonamides is 1. The lowest BCUT2D eigenvalue weighted by Crippen LogP contribution is -2.40. The van der Waals surface area contributed by atoms with Gasteiger partial charge in [-0.25, -0.2) is 8.42 Å². The van der Waals surface area contributed by atoms with Crippen LogP contribution in [0.1, 0.15) is 16.7 Å². The second-order valence-corrected chi connectivity index (χ2v) is 9.80. The molecule has 0 aliphatic rings. The van der Waals surface area contributed by atoms with E-state index in [1.165, 1.54) is 33.5 Å². The molecule has 1 amide bonds. The predicted octanol–water partition coefficient (Wildman–Crippen LogP) is 3.84. The molecule has 0 bridgehead atoms. The van der Waals surface area contributed by atoms with Gasteiger partial charge < -0.3 is 19.5 Å². The zero-order chi connectivity index (χ0) is 25.6. The number of methoxy groups -OCH3 is 3. The van der Waals surface area contributed by atoms with Crippen LogP contribution in [-0.2, 0) is 21.4 Å². The largest absolute Gasteiger partial charge is 0.493 e. The fourth-order valence-corrected chi connectivity index (χ4v) is 5.24. The molecule has 0 aromatic heterocycles. The average molecular weight is 499 g/mol. The molecule has 186 valence electrons. The van der Waals surface area contributed by atoms with Crippen LogP contribution >= 0.6 is 0 Å². The fraction of sp³-hybridized carbons (Fsp3) is 0.269. The molecule has 3 rings (SSSR count). The van der Waals surface area contributed by atoms with Crippen LogP contribution in [0.4, 0.5) is 5.69 Å². The second-order valence-electron chi connectivity index (χ2n) is 7.94. The summed E-state index contributed by atoms with van der Waals surface area (Å²) in [6.45, 7) is 3.48. The van der Waals surface area contributed by atoms with Crippen molar-refractivity contribution >= 4 is 21.6 Å². The first kappa shape index (κ1) is 25.9. The summed E-state index contributed by atoms with van der Waals surface area (Å²) in [4.78, 5) is 13.1. The lowest BCUT2D eigenvalue weighted by molar-refractivity contribution is -0.119. The standard InChI is InChI=1S/C26H30N2O6S/c1-18-13-19(2)15-21(14-18)28(35(30,31)22-9-7-6-8-10-22)17-24(29)27-16-20-11-12-23(32-3)26(34-5)25(20)33-4/h6-15H,16-17H2,1-5H3,(H,27,29). The Labute approximate surface area is 206 Å². The van der Waals surface area contributed by atoms with E-state index in [4.69, 9.17) is 14.2 Å². The SMILES string of the molecule is COc1ccc(CNC(=O)CN(c2cc(C)cc(C)c2)S(=O)(=O)c2ccccc2)c(OC)c1OC. The minimum Gasteiger partial charge on any atom is -0.493 e. The first-order valence-corrected chi connectivity index (χ1v) is 12.4. The maximum atomic E-state index is 13.5. The van der Waals surface area contributed by atoms with Crippen molar-refractivity contribution in [1.29, 1.82) is 0 Å². The molecule has 0 aliphatic heterocycles. The number of ether oxygens (including phenoxy) is 3. The van der Waals surface area contributed by atoms with E-state index in [9.17, 15) is 13.2 Å². The molecule has 0 fully saturated rings. The minimum absolute atomic E-state index is 0.105. The van der Waals surface area contributed by atoms with Crippen LogP contribution < -0.4 is 23.8 Å². The molecule has 3 aromatic rings. The number of carbonyl (C=O) groups is 1. The minimum atomic E-state index is -3.99. The van der Waals surface area contributed by atoms with Gasteiger partial charge in [0.2, 0.25) is 11.7 Å². The van der Waals surface area contributed by atoms with Crippen molar-refractivity contribution < 1.29 is 27.4 Å². The Morgan fingerprint density at radius 1 is 0.857 bits per heavy atom. The number of amides is 1. The summed E-state index contributed by atoms with van der Waals surface area (Å²) in [6, 6.07) is 17.0. The molecule has 0 aliphatic carbocycles. The average Bonchev–Trinajstić information content (AvgIpc) is 2.85. The van der Waals surface area contributed by atoms with E-state index in [0.29, 0.717) is 28.5 Å². The normalized spacial score (nSPS) is 11.0. The van der Waals surface area contributed by atoms with Gasteiger partial charge in [0.25, 0.3) is 10.0 Å². The number of rotatable bonds is 10. The van der Waals surface area contributed by atoms with E-state index in [2.05, 4.69) is 5.32 Å². The van der Waals surface area contributed by atoms with Crippen molar-refractivity contribution in [3.63, 3.8) is 0 Å². The molecule has 0 spiro atoms. The van der Waals surface area contributed by atoms with Crippen molar-refractivity contribution in [2.45, 2.75) is 25.3 Å². The summed E-state index contributed by atoms with van der Waals surface area (Å²) in [5, 5.41) is 2.79. The third-order valence-electron chi connectivity index (χ3n) is 5.37. The number of anilines is 1. The van der Waals surface area contributed by atoms with E-state index in [0.717, 1.165) is 15.4 Å². The predicted molar refractivity (Wildman–Crippen MR) is 135 cm³/mol. The van der Waals surface area contributed by atoms with Gasteiger partial charge in [-0.2, -0.15) is 0 Å². The highest BCUT2D eigenvalue weighted by atomic mass is 32.2. The monoisotopic (exact) mass is 498 g/mol. The summed E-state index contributed by atoms with van der Waals surface area (Å²) >= 11 is 0. The number of nitrogens with one attached hydrogen (secondary N) is 1. The smallest absolute Gasteiger partial charge is 0.264 e. The number of aryl methyl sites for hydroxylation is 2. The van der Waals surface area contributed by atoms with E-state index in [1.807, 2.05) is 19.9 Å². The van der Waals surface area contributed by atoms with Gasteiger partial charge in [0, 0.05) is 12.1 Å². The van der Waals surface area contributed by atoms with Crippen molar-refractivity contribution in [2.75, 3.05) is 32.2 Å². The summed E-state index contributed by atoms with van der Waals surface area (Å²) in [5.74, 6) is 0.857. The summed E-state index contributed by atoms with van der Waals surface area (Å²) in [5.41, 5.74) is 2.86. The first-order chi connectivity index (χ1) is 16.7. The number of hydrogen-bond acceptors (Lipinski definition) is 6. The molecular weight excluding hydrogens is 468 g/mol. The Hall–Kier alpha value is -3.72. The molecule has 0 unspecified atom stereocenters. The molecule has 8 nitrogen and oxygen atoms in total. The van der Waals surface area contributed by atoms with Gasteiger partial charge in [0.1, 0.15) is 6.54 Å². The molecule has 0 atom stereocenters. The van der Waals surface area contributed by atoms with Crippen molar-refractivity contribution in [1.82, 2.24) is 5.32 Å². The topological polar surface area (TPSA) is 94.2 Å². The number of carbonyl (C=O) groups excluding carboxylic acids is 1. The van der Waals surface area contributed by atoms with Crippen LogP contribution in [0.2, 0.25) is 0 Å². The summed E-state index contributed by atoms with van der Waals surface area (Å²) in [7, 11) is 0.530. The summed E-state index contributed by atoms with van der Waals surface area (Å²) < 4.78 is 44.3. The third kappa shape index (κ3) is 5.86. The lowest BCUT2D eigenvalue weighted by atomic mass is 10.1. The molecule has 0 saturated heterocycles. The molecule has 3 aromatic carbocycles. The molecule has 0 heterocycles. The number of benzene rings is 3. The maximum absolute atomic E-state index is 13.5. The Kier molecular flexibility index (Phi) is 8.24. The van der Waals surface area contributed by atoms with Crippen LogP contribution in [0.25, 0.3) is 0 Å². The van der Waals surface area contributed by atoms with Gasteiger partial charge in [0.05, 0.1) is 31.9 Å². The zero-order valence-electron chi connectivity index (χ0n) is 20.5. The number of nitrogens with zero attached hydrogens (tertiary/aromatic N) is 1. The molecule has 0 radical (unpaired) electrons. The van der Waals surface area contributed by atoms with Crippen molar-refractivity contribution in [2.24, 2.45) is 0 Å². The van der Waals surface area contributed by atoms with Crippen LogP contribution in [0.3, 0.4) is 0 Å². The van der Waals surface area contributed by atoms with E-state index < -0.39 is 22.5 Å². The Morgan fingerprint density at radius 3 is 2.06 bits per heavy atom. The van der Waals surface area contributed by atoms with Gasteiger partial charge in [-0.15, -0.1) is 0 Å². The number of hydrogen-bond donors (Lipinski definition) is 1. The van der Waals surface area contributed by atoms with Crippen LogP contribution in [0.5, 0.6) is 17.2 Å². The molecule has 9 heteroatoms.